The van der Waals surface area contributed by atoms with Crippen molar-refractivity contribution in [3.8, 4) is 5.75 Å². The minimum Gasteiger partial charge on any atom is -0.508 e. The van der Waals surface area contributed by atoms with Crippen molar-refractivity contribution < 1.29 is 39.3 Å². The van der Waals surface area contributed by atoms with Gasteiger partial charge in [-0.25, -0.2) is 4.79 Å². The minimum atomic E-state index is -1.39. The van der Waals surface area contributed by atoms with Crippen LogP contribution in [0.15, 0.2) is 24.3 Å². The Kier molecular flexibility index (Phi) is 16.0. The third kappa shape index (κ3) is 15.2. The standard InChI is InChI=1S/C26H42N10O8/c27-16(9-10-20(38)39)21(40)34-17(3-1-11-32-25(28)29)22(41)35-18(4-2-12-33-26(30)31)23(42)36-19(24(43)44)13-14-5-7-15(37)8-6-14/h5-8,16-19,37H,1-4,9-13,27H2,(H,34,40)(H,35,41)(H,36,42)(H,38,39)(H,43,44)(H4,28,29,32)(H4,30,31,33)/t16-,17-,18-,19-/m0/s1. The predicted octanol–water partition coefficient (Wildman–Crippen LogP) is -2.81. The summed E-state index contributed by atoms with van der Waals surface area (Å²) in [7, 11) is 0. The number of carboxylic acids is 2. The van der Waals surface area contributed by atoms with Gasteiger partial charge in [-0.05, 0) is 49.8 Å². The summed E-state index contributed by atoms with van der Waals surface area (Å²) < 4.78 is 0. The molecule has 1 aromatic rings. The van der Waals surface area contributed by atoms with Gasteiger partial charge in [0.15, 0.2) is 11.9 Å². The van der Waals surface area contributed by atoms with Crippen LogP contribution in [0.2, 0.25) is 0 Å². The monoisotopic (exact) mass is 622 g/mol. The molecular weight excluding hydrogens is 580 g/mol. The van der Waals surface area contributed by atoms with Crippen LogP contribution in [0.4, 0.5) is 0 Å². The van der Waals surface area contributed by atoms with Crippen LogP contribution in [0.25, 0.3) is 0 Å². The number of nitrogens with one attached hydrogen (secondary N) is 7. The smallest absolute Gasteiger partial charge is 0.326 e. The molecule has 1 rings (SSSR count). The number of benzene rings is 1. The molecule has 0 radical (unpaired) electrons. The molecule has 0 bridgehead atoms. The summed E-state index contributed by atoms with van der Waals surface area (Å²) in [5.74, 6) is -5.54. The second-order valence-electron chi connectivity index (χ2n) is 9.90. The van der Waals surface area contributed by atoms with Crippen molar-refractivity contribution in [2.24, 2.45) is 17.2 Å². The number of phenols is 1. The van der Waals surface area contributed by atoms with Gasteiger partial charge in [-0.3, -0.25) is 30.0 Å². The van der Waals surface area contributed by atoms with Gasteiger partial charge in [0, 0.05) is 25.9 Å². The van der Waals surface area contributed by atoms with Crippen molar-refractivity contribution in [3.63, 3.8) is 0 Å². The molecule has 0 saturated heterocycles. The fourth-order valence-electron chi connectivity index (χ4n) is 3.90. The molecule has 0 spiro atoms. The van der Waals surface area contributed by atoms with E-state index < -0.39 is 53.8 Å². The number of guanidine groups is 2. The summed E-state index contributed by atoms with van der Waals surface area (Å²) in [6.45, 7) is 0.346. The van der Waals surface area contributed by atoms with E-state index in [9.17, 15) is 34.2 Å². The van der Waals surface area contributed by atoms with Gasteiger partial charge in [-0.1, -0.05) is 12.1 Å². The first-order chi connectivity index (χ1) is 20.7. The summed E-state index contributed by atoms with van der Waals surface area (Å²) in [6, 6.07) is 0.619. The number of amides is 3. The number of aliphatic carboxylic acids is 2. The van der Waals surface area contributed by atoms with Crippen LogP contribution < -0.4 is 43.8 Å². The first-order valence-electron chi connectivity index (χ1n) is 13.7. The highest BCUT2D eigenvalue weighted by atomic mass is 16.4. The van der Waals surface area contributed by atoms with Crippen molar-refractivity contribution in [2.45, 2.75) is 69.1 Å². The zero-order chi connectivity index (χ0) is 33.2. The van der Waals surface area contributed by atoms with Crippen LogP contribution in [-0.4, -0.2) is 94.2 Å². The maximum Gasteiger partial charge on any atom is 0.326 e. The number of phenolic OH excluding ortho intramolecular Hbond substituents is 1. The maximum atomic E-state index is 13.4. The number of nitrogens with two attached hydrogens (primary N) is 3. The minimum absolute atomic E-state index is 0.00587. The van der Waals surface area contributed by atoms with Crippen LogP contribution in [0.1, 0.15) is 44.1 Å². The van der Waals surface area contributed by atoms with Gasteiger partial charge < -0.3 is 59.1 Å². The van der Waals surface area contributed by atoms with Crippen LogP contribution in [0.3, 0.4) is 0 Å². The van der Waals surface area contributed by atoms with Crippen molar-refractivity contribution in [2.75, 3.05) is 13.1 Å². The van der Waals surface area contributed by atoms with E-state index in [0.717, 1.165) is 0 Å². The number of hydrogen-bond donors (Lipinski definition) is 13. The Balaban J connectivity index is 3.11. The molecule has 44 heavy (non-hydrogen) atoms. The number of rotatable bonds is 20. The molecular formula is C26H42N10O8. The Hall–Kier alpha value is -5.13. The molecule has 0 unspecified atom stereocenters. The molecule has 0 heterocycles. The molecule has 18 nitrogen and oxygen atoms in total. The Morgan fingerprint density at radius 2 is 1.18 bits per heavy atom. The molecule has 18 heteroatoms. The Bertz CT molecular complexity index is 1160. The SMILES string of the molecule is N=C(N)NCCC[C@H](NC(=O)[C@H](CCCNC(=N)N)NC(=O)[C@@H](N)CCC(=O)O)C(=O)N[C@@H](Cc1ccc(O)cc1)C(=O)O. The third-order valence-corrected chi connectivity index (χ3v) is 6.23. The molecule has 244 valence electrons. The van der Waals surface area contributed by atoms with E-state index in [-0.39, 0.29) is 75.7 Å². The number of aromatic hydroxyl groups is 1. The normalized spacial score (nSPS) is 13.3. The van der Waals surface area contributed by atoms with Crippen molar-refractivity contribution in [3.05, 3.63) is 29.8 Å². The lowest BCUT2D eigenvalue weighted by atomic mass is 10.0. The molecule has 1 aromatic carbocycles. The van der Waals surface area contributed by atoms with E-state index in [1.165, 1.54) is 24.3 Å². The number of carboxylic acid groups (broad SMARTS) is 2. The highest BCUT2D eigenvalue weighted by Crippen LogP contribution is 2.12. The molecule has 0 aromatic heterocycles. The highest BCUT2D eigenvalue weighted by molar-refractivity contribution is 5.94. The lowest BCUT2D eigenvalue weighted by Crippen LogP contribution is -2.57. The molecule has 0 aliphatic carbocycles. The molecule has 3 amide bonds. The van der Waals surface area contributed by atoms with Gasteiger partial charge in [-0.15, -0.1) is 0 Å². The Morgan fingerprint density at radius 1 is 0.727 bits per heavy atom. The number of carbonyl (C=O) groups excluding carboxylic acids is 3. The molecule has 0 aliphatic rings. The van der Waals surface area contributed by atoms with E-state index in [1.54, 1.807) is 0 Å². The van der Waals surface area contributed by atoms with Crippen LogP contribution in [0, 0.1) is 10.8 Å². The summed E-state index contributed by atoms with van der Waals surface area (Å²) in [5.41, 5.74) is 16.9. The van der Waals surface area contributed by atoms with Gasteiger partial charge in [0.05, 0.1) is 6.04 Å². The average molecular weight is 623 g/mol. The summed E-state index contributed by atoms with van der Waals surface area (Å²) in [6.07, 6.45) is -0.199. The number of carbonyl (C=O) groups is 5. The molecule has 0 fully saturated rings. The Labute approximate surface area is 253 Å². The fraction of sp³-hybridized carbons (Fsp3) is 0.500. The first-order valence-corrected chi connectivity index (χ1v) is 13.7. The average Bonchev–Trinajstić information content (AvgIpc) is 2.94. The van der Waals surface area contributed by atoms with Gasteiger partial charge in [0.1, 0.15) is 23.9 Å². The zero-order valence-corrected chi connectivity index (χ0v) is 24.1. The van der Waals surface area contributed by atoms with Crippen molar-refractivity contribution >= 4 is 41.6 Å². The fourth-order valence-corrected chi connectivity index (χ4v) is 3.90. The van der Waals surface area contributed by atoms with E-state index in [1.807, 2.05) is 0 Å². The summed E-state index contributed by atoms with van der Waals surface area (Å²) >= 11 is 0. The van der Waals surface area contributed by atoms with E-state index in [2.05, 4.69) is 26.6 Å². The molecule has 4 atom stereocenters. The second kappa shape index (κ2) is 19.1. The molecule has 0 saturated carbocycles. The van der Waals surface area contributed by atoms with Gasteiger partial charge in [0.25, 0.3) is 0 Å². The van der Waals surface area contributed by atoms with Crippen LogP contribution >= 0.6 is 0 Å². The van der Waals surface area contributed by atoms with Crippen LogP contribution in [-0.2, 0) is 30.4 Å². The topological polar surface area (TPSA) is 332 Å². The Morgan fingerprint density at radius 3 is 1.61 bits per heavy atom. The summed E-state index contributed by atoms with van der Waals surface area (Å²) in [5, 5.41) is 55.2. The van der Waals surface area contributed by atoms with Crippen molar-refractivity contribution in [1.29, 1.82) is 10.8 Å². The van der Waals surface area contributed by atoms with Crippen molar-refractivity contribution in [1.82, 2.24) is 26.6 Å². The zero-order valence-electron chi connectivity index (χ0n) is 24.1. The van der Waals surface area contributed by atoms with Crippen LogP contribution in [0.5, 0.6) is 5.75 Å². The quantitative estimate of drug-likeness (QED) is 0.0397. The van der Waals surface area contributed by atoms with Gasteiger partial charge in [0.2, 0.25) is 17.7 Å². The van der Waals surface area contributed by atoms with E-state index in [0.29, 0.717) is 5.56 Å². The van der Waals surface area contributed by atoms with E-state index >= 15 is 0 Å². The second-order valence-corrected chi connectivity index (χ2v) is 9.90. The van der Waals surface area contributed by atoms with E-state index in [4.69, 9.17) is 33.1 Å². The molecule has 0 aliphatic heterocycles. The molecule has 16 N–H and O–H groups in total. The summed E-state index contributed by atoms with van der Waals surface area (Å²) in [4.78, 5) is 62.1. The third-order valence-electron chi connectivity index (χ3n) is 6.23. The van der Waals surface area contributed by atoms with Gasteiger partial charge >= 0.3 is 11.9 Å². The number of hydrogen-bond acceptors (Lipinski definition) is 9. The highest BCUT2D eigenvalue weighted by Gasteiger charge is 2.30. The lowest BCUT2D eigenvalue weighted by Gasteiger charge is -2.25. The lowest BCUT2D eigenvalue weighted by molar-refractivity contribution is -0.142. The largest absolute Gasteiger partial charge is 0.508 e. The maximum absolute atomic E-state index is 13.4. The first kappa shape index (κ1) is 36.9. The predicted molar refractivity (Wildman–Crippen MR) is 158 cm³/mol. The van der Waals surface area contributed by atoms with Gasteiger partial charge in [-0.2, -0.15) is 0 Å².